The molecule has 0 aliphatic carbocycles. The van der Waals surface area contributed by atoms with Crippen LogP contribution >= 0.6 is 0 Å². The van der Waals surface area contributed by atoms with Crippen LogP contribution in [-0.2, 0) is 4.79 Å². The quantitative estimate of drug-likeness (QED) is 0.314. The van der Waals surface area contributed by atoms with Gasteiger partial charge in [0.15, 0.2) is 0 Å². The topological polar surface area (TPSA) is 117 Å². The molecule has 0 spiro atoms. The van der Waals surface area contributed by atoms with Crippen molar-refractivity contribution in [3.05, 3.63) is 73.7 Å². The van der Waals surface area contributed by atoms with Gasteiger partial charge in [-0.25, -0.2) is 15.0 Å². The van der Waals surface area contributed by atoms with Gasteiger partial charge in [0.05, 0.1) is 28.8 Å². The maximum atomic E-state index is 11.9. The lowest BCUT2D eigenvalue weighted by Gasteiger charge is -2.13. The third-order valence-corrected chi connectivity index (χ3v) is 5.55. The Hall–Kier alpha value is -4.37. The first-order valence-electron chi connectivity index (χ1n) is 11.0. The van der Waals surface area contributed by atoms with Gasteiger partial charge >= 0.3 is 0 Å². The Morgan fingerprint density at radius 2 is 2.03 bits per heavy atom. The molecule has 9 heteroatoms. The zero-order valence-corrected chi connectivity index (χ0v) is 18.5. The second-order valence-corrected chi connectivity index (χ2v) is 7.92. The van der Waals surface area contributed by atoms with Gasteiger partial charge in [-0.05, 0) is 43.3 Å². The van der Waals surface area contributed by atoms with E-state index in [4.69, 9.17) is 4.98 Å². The molecular weight excluding hydrogens is 428 g/mol. The van der Waals surface area contributed by atoms with Crippen molar-refractivity contribution >= 4 is 40.0 Å². The lowest BCUT2D eigenvalue weighted by molar-refractivity contribution is -0.111. The Labute approximate surface area is 196 Å². The van der Waals surface area contributed by atoms with Crippen LogP contribution in [0.25, 0.3) is 22.2 Å². The largest absolute Gasteiger partial charge is 0.366 e. The molecule has 4 N–H and O–H groups in total. The second-order valence-electron chi connectivity index (χ2n) is 7.92. The summed E-state index contributed by atoms with van der Waals surface area (Å²) in [6, 6.07) is 13.6. The number of fused-ring (bicyclic) bond motifs is 1. The van der Waals surface area contributed by atoms with Gasteiger partial charge in [-0.1, -0.05) is 24.8 Å². The maximum absolute atomic E-state index is 11.9. The molecule has 4 aromatic rings. The molecule has 1 aliphatic rings. The summed E-state index contributed by atoms with van der Waals surface area (Å²) >= 11 is 0. The molecule has 0 unspecified atom stereocenters. The average Bonchev–Trinajstić information content (AvgIpc) is 3.38. The molecule has 1 atom stereocenters. The molecule has 34 heavy (non-hydrogen) atoms. The van der Waals surface area contributed by atoms with E-state index in [9.17, 15) is 4.79 Å². The van der Waals surface area contributed by atoms with E-state index in [1.54, 1.807) is 30.7 Å². The van der Waals surface area contributed by atoms with Crippen molar-refractivity contribution in [3.63, 3.8) is 0 Å². The van der Waals surface area contributed by atoms with E-state index in [1.807, 2.05) is 30.3 Å². The molecule has 0 bridgehead atoms. The van der Waals surface area contributed by atoms with Crippen LogP contribution in [0.15, 0.2) is 73.7 Å². The first-order valence-corrected chi connectivity index (χ1v) is 11.0. The molecule has 170 valence electrons. The summed E-state index contributed by atoms with van der Waals surface area (Å²) in [7, 11) is 0. The predicted octanol–water partition coefficient (Wildman–Crippen LogP) is 3.73. The molecule has 1 amide bonds. The number of para-hydroxylation sites is 1. The van der Waals surface area contributed by atoms with Crippen molar-refractivity contribution < 1.29 is 4.79 Å². The first-order chi connectivity index (χ1) is 16.7. The highest BCUT2D eigenvalue weighted by Gasteiger charge is 2.15. The standard InChI is InChI=1S/C25H24N8O/c1-2-22(34)32-20-7-4-11-27-24(20)19-6-3-5-16-13-29-25(33-23(16)19)31-17-8-9-21(28-15-17)30-18-10-12-26-14-18/h2-9,11,13,15,18,26H,1,10,12,14H2,(H,28,30)(H,32,34)(H,29,31,33)/t18-/m0/s1. The number of hydrogen-bond acceptors (Lipinski definition) is 8. The van der Waals surface area contributed by atoms with Gasteiger partial charge in [0, 0.05) is 35.9 Å². The van der Waals surface area contributed by atoms with Gasteiger partial charge in [-0.15, -0.1) is 0 Å². The van der Waals surface area contributed by atoms with Crippen LogP contribution in [0.5, 0.6) is 0 Å². The Kier molecular flexibility index (Phi) is 6.09. The summed E-state index contributed by atoms with van der Waals surface area (Å²) in [4.78, 5) is 30.1. The smallest absolute Gasteiger partial charge is 0.247 e. The van der Waals surface area contributed by atoms with Crippen LogP contribution in [0.1, 0.15) is 6.42 Å². The summed E-state index contributed by atoms with van der Waals surface area (Å²) in [6.07, 6.45) is 7.51. The normalized spacial score (nSPS) is 15.1. The summed E-state index contributed by atoms with van der Waals surface area (Å²) in [5.41, 5.74) is 3.48. The van der Waals surface area contributed by atoms with Crippen molar-refractivity contribution in [3.8, 4) is 11.3 Å². The number of nitrogens with zero attached hydrogens (tertiary/aromatic N) is 4. The maximum Gasteiger partial charge on any atom is 0.247 e. The van der Waals surface area contributed by atoms with Crippen LogP contribution in [0.4, 0.5) is 23.1 Å². The minimum absolute atomic E-state index is 0.305. The molecule has 1 saturated heterocycles. The van der Waals surface area contributed by atoms with Gasteiger partial charge in [-0.3, -0.25) is 9.78 Å². The van der Waals surface area contributed by atoms with E-state index in [0.29, 0.717) is 28.9 Å². The monoisotopic (exact) mass is 452 g/mol. The lowest BCUT2D eigenvalue weighted by Crippen LogP contribution is -2.22. The number of amides is 1. The van der Waals surface area contributed by atoms with E-state index in [2.05, 4.69) is 42.8 Å². The third kappa shape index (κ3) is 4.69. The van der Waals surface area contributed by atoms with Crippen LogP contribution in [-0.4, -0.2) is 45.0 Å². The number of pyridine rings is 2. The molecule has 1 aliphatic heterocycles. The van der Waals surface area contributed by atoms with Crippen molar-refractivity contribution in [2.75, 3.05) is 29.0 Å². The summed E-state index contributed by atoms with van der Waals surface area (Å²) in [5.74, 6) is 0.973. The van der Waals surface area contributed by atoms with Crippen LogP contribution < -0.4 is 21.3 Å². The summed E-state index contributed by atoms with van der Waals surface area (Å²) in [5, 5.41) is 13.7. The fourth-order valence-corrected chi connectivity index (χ4v) is 3.88. The van der Waals surface area contributed by atoms with Crippen LogP contribution in [0.2, 0.25) is 0 Å². The van der Waals surface area contributed by atoms with Crippen LogP contribution in [0, 0.1) is 0 Å². The number of aromatic nitrogens is 4. The van der Waals surface area contributed by atoms with Crippen molar-refractivity contribution in [2.45, 2.75) is 12.5 Å². The number of carbonyl (C=O) groups excluding carboxylic acids is 1. The van der Waals surface area contributed by atoms with Gasteiger partial charge in [-0.2, -0.15) is 0 Å². The van der Waals surface area contributed by atoms with E-state index in [0.717, 1.165) is 42.0 Å². The van der Waals surface area contributed by atoms with E-state index in [1.165, 1.54) is 6.08 Å². The number of rotatable bonds is 7. The fourth-order valence-electron chi connectivity index (χ4n) is 3.88. The van der Waals surface area contributed by atoms with Gasteiger partial charge in [0.2, 0.25) is 11.9 Å². The van der Waals surface area contributed by atoms with E-state index >= 15 is 0 Å². The van der Waals surface area contributed by atoms with E-state index < -0.39 is 0 Å². The van der Waals surface area contributed by atoms with Crippen molar-refractivity contribution in [1.82, 2.24) is 25.3 Å². The highest BCUT2D eigenvalue weighted by molar-refractivity contribution is 6.03. The third-order valence-electron chi connectivity index (χ3n) is 5.55. The molecule has 0 radical (unpaired) electrons. The van der Waals surface area contributed by atoms with Crippen molar-refractivity contribution in [2.24, 2.45) is 0 Å². The molecule has 4 heterocycles. The van der Waals surface area contributed by atoms with Gasteiger partial charge in [0.25, 0.3) is 0 Å². The summed E-state index contributed by atoms with van der Waals surface area (Å²) in [6.45, 7) is 5.49. The molecule has 0 saturated carbocycles. The molecular formula is C25H24N8O. The average molecular weight is 453 g/mol. The molecule has 5 rings (SSSR count). The van der Waals surface area contributed by atoms with Crippen LogP contribution in [0.3, 0.4) is 0 Å². The Morgan fingerprint density at radius 1 is 1.09 bits per heavy atom. The first kappa shape index (κ1) is 21.5. The Morgan fingerprint density at radius 3 is 2.82 bits per heavy atom. The highest BCUT2D eigenvalue weighted by Crippen LogP contribution is 2.31. The number of nitrogens with one attached hydrogen (secondary N) is 4. The molecule has 9 nitrogen and oxygen atoms in total. The minimum Gasteiger partial charge on any atom is -0.366 e. The Bertz CT molecular complexity index is 1330. The zero-order valence-electron chi connectivity index (χ0n) is 18.5. The zero-order chi connectivity index (χ0) is 23.3. The highest BCUT2D eigenvalue weighted by atomic mass is 16.1. The molecule has 1 aromatic carbocycles. The number of hydrogen-bond donors (Lipinski definition) is 4. The lowest BCUT2D eigenvalue weighted by atomic mass is 10.1. The van der Waals surface area contributed by atoms with Crippen molar-refractivity contribution in [1.29, 1.82) is 0 Å². The van der Waals surface area contributed by atoms with E-state index in [-0.39, 0.29) is 5.91 Å². The fraction of sp³-hybridized carbons (Fsp3) is 0.160. The number of anilines is 4. The number of benzene rings is 1. The SMILES string of the molecule is C=CC(=O)Nc1cccnc1-c1cccc2cnc(Nc3ccc(N[C@H]4CCNC4)nc3)nc12. The van der Waals surface area contributed by atoms with Gasteiger partial charge < -0.3 is 21.3 Å². The molecule has 1 fully saturated rings. The second kappa shape index (κ2) is 9.63. The molecule has 3 aromatic heterocycles. The minimum atomic E-state index is -0.305. The predicted molar refractivity (Wildman–Crippen MR) is 134 cm³/mol. The Balaban J connectivity index is 1.42. The van der Waals surface area contributed by atoms with Gasteiger partial charge in [0.1, 0.15) is 5.82 Å². The number of carbonyl (C=O) groups is 1. The summed E-state index contributed by atoms with van der Waals surface area (Å²) < 4.78 is 0.